The molecular formula is C26H35N9O3. The van der Waals surface area contributed by atoms with Crippen molar-refractivity contribution in [1.82, 2.24) is 34.8 Å². The van der Waals surface area contributed by atoms with Gasteiger partial charge < -0.3 is 19.7 Å². The summed E-state index contributed by atoms with van der Waals surface area (Å²) in [5, 5.41) is 15.0. The molecular weight excluding hydrogens is 486 g/mol. The molecule has 38 heavy (non-hydrogen) atoms. The topological polar surface area (TPSA) is 153 Å². The van der Waals surface area contributed by atoms with Crippen molar-refractivity contribution in [2.45, 2.75) is 77.8 Å². The molecule has 202 valence electrons. The van der Waals surface area contributed by atoms with Gasteiger partial charge in [-0.05, 0) is 50.4 Å². The molecule has 0 aromatic carbocycles. The Hall–Kier alpha value is -3.70. The Morgan fingerprint density at radius 1 is 1.13 bits per heavy atom. The minimum Gasteiger partial charge on any atom is -0.365 e. The summed E-state index contributed by atoms with van der Waals surface area (Å²) >= 11 is 0. The molecule has 4 heterocycles. The van der Waals surface area contributed by atoms with Crippen molar-refractivity contribution in [3.8, 4) is 11.6 Å². The van der Waals surface area contributed by atoms with Crippen LogP contribution in [0.15, 0.2) is 26.2 Å². The lowest BCUT2D eigenvalue weighted by Gasteiger charge is -2.32. The van der Waals surface area contributed by atoms with Gasteiger partial charge in [-0.3, -0.25) is 9.51 Å². The maximum atomic E-state index is 11.6. The fourth-order valence-electron chi connectivity index (χ4n) is 5.59. The van der Waals surface area contributed by atoms with Gasteiger partial charge >= 0.3 is 5.76 Å². The van der Waals surface area contributed by atoms with Gasteiger partial charge in [-0.15, -0.1) is 0 Å². The molecule has 1 atom stereocenters. The second kappa shape index (κ2) is 10.6. The molecule has 2 aliphatic rings. The number of rotatable bonds is 10. The molecule has 0 amide bonds. The monoisotopic (exact) mass is 521 g/mol. The van der Waals surface area contributed by atoms with Crippen LogP contribution in [-0.2, 0) is 13.0 Å². The van der Waals surface area contributed by atoms with Crippen molar-refractivity contribution in [3.63, 3.8) is 0 Å². The predicted molar refractivity (Wildman–Crippen MR) is 142 cm³/mol. The third kappa shape index (κ3) is 5.16. The van der Waals surface area contributed by atoms with Crippen LogP contribution in [-0.4, -0.2) is 47.4 Å². The maximum Gasteiger partial charge on any atom is 0.439 e. The van der Waals surface area contributed by atoms with Gasteiger partial charge in [0.1, 0.15) is 11.8 Å². The quantitative estimate of drug-likeness (QED) is 0.276. The van der Waals surface area contributed by atoms with Gasteiger partial charge in [-0.2, -0.15) is 4.98 Å². The Kier molecular flexibility index (Phi) is 6.86. The Morgan fingerprint density at radius 2 is 1.97 bits per heavy atom. The van der Waals surface area contributed by atoms with Crippen LogP contribution in [0.5, 0.6) is 0 Å². The Morgan fingerprint density at radius 3 is 2.66 bits per heavy atom. The van der Waals surface area contributed by atoms with Crippen molar-refractivity contribution >= 4 is 22.9 Å². The normalized spacial score (nSPS) is 20.9. The molecule has 4 aromatic heterocycles. The van der Waals surface area contributed by atoms with E-state index in [0.717, 1.165) is 29.6 Å². The van der Waals surface area contributed by atoms with Crippen molar-refractivity contribution in [1.29, 1.82) is 0 Å². The highest BCUT2D eigenvalue weighted by Crippen LogP contribution is 2.35. The first-order valence-corrected chi connectivity index (χ1v) is 13.8. The van der Waals surface area contributed by atoms with Crippen LogP contribution in [0.25, 0.3) is 22.8 Å². The highest BCUT2D eigenvalue weighted by atomic mass is 16.5. The van der Waals surface area contributed by atoms with Crippen molar-refractivity contribution in [2.24, 2.45) is 17.8 Å². The molecule has 0 radical (unpaired) electrons. The Balaban J connectivity index is 1.39. The number of fused-ring (bicyclic) bond motifs is 1. The third-order valence-corrected chi connectivity index (χ3v) is 8.21. The van der Waals surface area contributed by atoms with Gasteiger partial charge in [-0.25, -0.2) is 14.8 Å². The summed E-state index contributed by atoms with van der Waals surface area (Å²) in [6.07, 6.45) is 10.9. The number of nitrogens with zero attached hydrogens (tertiary/aromatic N) is 6. The standard InChI is InChI=1S/C26H35N9O3/c1-15-6-8-17(9-7-15)14-35-20-21(28-16(2)18-4-3-5-18)29-23(24-32-26(36)38-34-24)30-22(20)31-25(35)27-12-10-19-11-13-37-33-19/h11,13,15-18H,3-10,12,14H2,1-2H3,(H,32,34,36)(H2,27,28,29,30,31)/t15?,16-,17?/m1/s1. The van der Waals surface area contributed by atoms with Crippen LogP contribution >= 0.6 is 0 Å². The molecule has 12 nitrogen and oxygen atoms in total. The van der Waals surface area contributed by atoms with Crippen LogP contribution in [0.3, 0.4) is 0 Å². The molecule has 0 bridgehead atoms. The van der Waals surface area contributed by atoms with Gasteiger partial charge in [0.2, 0.25) is 17.6 Å². The number of anilines is 2. The molecule has 2 aliphatic carbocycles. The lowest BCUT2D eigenvalue weighted by Crippen LogP contribution is -2.31. The zero-order chi connectivity index (χ0) is 26.1. The average molecular weight is 522 g/mol. The van der Waals surface area contributed by atoms with Crippen LogP contribution in [0.4, 0.5) is 11.8 Å². The van der Waals surface area contributed by atoms with Gasteiger partial charge in [0.15, 0.2) is 11.5 Å². The molecule has 0 saturated heterocycles. The molecule has 2 saturated carbocycles. The summed E-state index contributed by atoms with van der Waals surface area (Å²) in [5.41, 5.74) is 2.30. The van der Waals surface area contributed by atoms with Crippen molar-refractivity contribution in [3.05, 3.63) is 28.6 Å². The van der Waals surface area contributed by atoms with E-state index in [2.05, 4.69) is 44.3 Å². The van der Waals surface area contributed by atoms with E-state index in [0.29, 0.717) is 36.3 Å². The van der Waals surface area contributed by atoms with E-state index in [1.165, 1.54) is 44.9 Å². The summed E-state index contributed by atoms with van der Waals surface area (Å²) < 4.78 is 11.9. The van der Waals surface area contributed by atoms with Gasteiger partial charge in [0.25, 0.3) is 0 Å². The molecule has 6 rings (SSSR count). The first-order chi connectivity index (χ1) is 18.5. The van der Waals surface area contributed by atoms with E-state index in [4.69, 9.17) is 24.0 Å². The summed E-state index contributed by atoms with van der Waals surface area (Å²) in [7, 11) is 0. The van der Waals surface area contributed by atoms with Gasteiger partial charge in [0.05, 0.1) is 5.69 Å². The largest absolute Gasteiger partial charge is 0.439 e. The zero-order valence-corrected chi connectivity index (χ0v) is 21.9. The second-order valence-corrected chi connectivity index (χ2v) is 11.0. The Labute approximate surface area is 220 Å². The van der Waals surface area contributed by atoms with Crippen LogP contribution in [0, 0.1) is 17.8 Å². The third-order valence-electron chi connectivity index (χ3n) is 8.21. The number of aromatic nitrogens is 7. The first-order valence-electron chi connectivity index (χ1n) is 13.8. The van der Waals surface area contributed by atoms with E-state index in [-0.39, 0.29) is 17.7 Å². The molecule has 4 aromatic rings. The average Bonchev–Trinajstić information content (AvgIpc) is 3.60. The number of nitrogens with one attached hydrogen (secondary N) is 3. The molecule has 3 N–H and O–H groups in total. The predicted octanol–water partition coefficient (Wildman–Crippen LogP) is 4.24. The second-order valence-electron chi connectivity index (χ2n) is 11.0. The van der Waals surface area contributed by atoms with Gasteiger partial charge in [-0.1, -0.05) is 36.5 Å². The lowest BCUT2D eigenvalue weighted by molar-refractivity contribution is 0.267. The molecule has 0 unspecified atom stereocenters. The highest BCUT2D eigenvalue weighted by Gasteiger charge is 2.28. The smallest absolute Gasteiger partial charge is 0.365 e. The maximum absolute atomic E-state index is 11.6. The van der Waals surface area contributed by atoms with E-state index in [1.54, 1.807) is 6.26 Å². The fraction of sp³-hybridized carbons (Fsp3) is 0.615. The number of H-pyrrole nitrogens is 1. The highest BCUT2D eigenvalue weighted by molar-refractivity contribution is 5.87. The molecule has 0 aliphatic heterocycles. The minimum absolute atomic E-state index is 0.188. The number of imidazole rings is 1. The zero-order valence-electron chi connectivity index (χ0n) is 21.9. The summed E-state index contributed by atoms with van der Waals surface area (Å²) in [6, 6.07) is 2.11. The lowest BCUT2D eigenvalue weighted by atomic mass is 9.80. The summed E-state index contributed by atoms with van der Waals surface area (Å²) in [6.45, 7) is 6.03. The number of aromatic amines is 1. The molecule has 2 fully saturated rings. The SMILES string of the molecule is CC1CCC(Cn2c(NCCc3ccon3)nc3nc(-c4noc(=O)[nH]4)nc(N[C@H](C)C4CCC4)c32)CC1. The van der Waals surface area contributed by atoms with Gasteiger partial charge in [0, 0.05) is 31.6 Å². The van der Waals surface area contributed by atoms with E-state index in [1.807, 2.05) is 6.07 Å². The van der Waals surface area contributed by atoms with Crippen LogP contribution in [0.2, 0.25) is 0 Å². The summed E-state index contributed by atoms with van der Waals surface area (Å²) in [5.74, 6) is 3.21. The van der Waals surface area contributed by atoms with Crippen molar-refractivity contribution in [2.75, 3.05) is 17.2 Å². The molecule has 12 heteroatoms. The first kappa shape index (κ1) is 24.6. The summed E-state index contributed by atoms with van der Waals surface area (Å²) in [4.78, 5) is 28.7. The fourth-order valence-corrected chi connectivity index (χ4v) is 5.59. The Bertz CT molecular complexity index is 1410. The molecule has 0 spiro atoms. The number of hydrogen-bond donors (Lipinski definition) is 3. The van der Waals surface area contributed by atoms with E-state index in [9.17, 15) is 4.79 Å². The van der Waals surface area contributed by atoms with Crippen LogP contribution < -0.4 is 16.4 Å². The van der Waals surface area contributed by atoms with Crippen LogP contribution in [0.1, 0.15) is 64.5 Å². The number of hydrogen-bond acceptors (Lipinski definition) is 10. The van der Waals surface area contributed by atoms with E-state index >= 15 is 0 Å². The minimum atomic E-state index is -0.645. The van der Waals surface area contributed by atoms with Crippen molar-refractivity contribution < 1.29 is 9.05 Å². The van der Waals surface area contributed by atoms with E-state index < -0.39 is 5.76 Å².